The molecule has 12 rings (SSSR count). The fourth-order valence-corrected chi connectivity index (χ4v) is 9.62. The van der Waals surface area contributed by atoms with Gasteiger partial charge in [0, 0.05) is 33.2 Å². The summed E-state index contributed by atoms with van der Waals surface area (Å²) in [6, 6.07) is 69.6. The lowest BCUT2D eigenvalue weighted by Gasteiger charge is -2.30. The molecule has 0 aliphatic heterocycles. The van der Waals surface area contributed by atoms with Gasteiger partial charge in [0.2, 0.25) is 0 Å². The average Bonchev–Trinajstić information content (AvgIpc) is 3.88. The summed E-state index contributed by atoms with van der Waals surface area (Å²) in [7, 11) is 0. The van der Waals surface area contributed by atoms with Crippen LogP contribution in [0.4, 0.5) is 0 Å². The van der Waals surface area contributed by atoms with Crippen molar-refractivity contribution in [3.8, 4) is 62.1 Å². The van der Waals surface area contributed by atoms with E-state index in [9.17, 15) is 0 Å². The van der Waals surface area contributed by atoms with E-state index in [0.29, 0.717) is 17.5 Å². The van der Waals surface area contributed by atoms with Crippen LogP contribution in [0.1, 0.15) is 22.3 Å². The smallest absolute Gasteiger partial charge is 0.164 e. The highest BCUT2D eigenvalue weighted by Gasteiger charge is 2.52. The van der Waals surface area contributed by atoms with Gasteiger partial charge >= 0.3 is 0 Å². The van der Waals surface area contributed by atoms with Gasteiger partial charge in [-0.3, -0.25) is 0 Å². The summed E-state index contributed by atoms with van der Waals surface area (Å²) in [5.74, 6) is 1.96. The molecule has 0 bridgehead atoms. The fraction of sp³-hybridized carbons (Fsp3) is 0.0192. The van der Waals surface area contributed by atoms with Gasteiger partial charge in [-0.05, 0) is 74.8 Å². The molecular weight excluding hydrogens is 681 g/mol. The van der Waals surface area contributed by atoms with Crippen molar-refractivity contribution in [1.29, 1.82) is 0 Å². The van der Waals surface area contributed by atoms with Crippen molar-refractivity contribution in [2.45, 2.75) is 5.41 Å². The topological polar surface area (TPSA) is 43.6 Å². The predicted molar refractivity (Wildman–Crippen MR) is 227 cm³/mol. The zero-order valence-corrected chi connectivity index (χ0v) is 30.3. The van der Waals surface area contributed by atoms with Gasteiger partial charge in [-0.15, -0.1) is 0 Å². The molecule has 10 aromatic rings. The average molecular weight is 713 g/mol. The largest absolute Gasteiger partial charge is 0.309 e. The van der Waals surface area contributed by atoms with Gasteiger partial charge in [-0.25, -0.2) is 15.0 Å². The Morgan fingerprint density at radius 2 is 0.857 bits per heavy atom. The minimum Gasteiger partial charge on any atom is -0.309 e. The lowest BCUT2D eigenvalue weighted by Crippen LogP contribution is -2.26. The van der Waals surface area contributed by atoms with Crippen LogP contribution in [0.15, 0.2) is 194 Å². The fourth-order valence-electron chi connectivity index (χ4n) is 9.62. The highest BCUT2D eigenvalue weighted by molar-refractivity contribution is 6.13. The third-order valence-electron chi connectivity index (χ3n) is 11.9. The van der Waals surface area contributed by atoms with Crippen molar-refractivity contribution in [1.82, 2.24) is 19.5 Å². The summed E-state index contributed by atoms with van der Waals surface area (Å²) in [6.45, 7) is 0. The second-order valence-electron chi connectivity index (χ2n) is 14.7. The van der Waals surface area contributed by atoms with Crippen LogP contribution in [0.5, 0.6) is 0 Å². The summed E-state index contributed by atoms with van der Waals surface area (Å²) in [5, 5.41) is 2.44. The maximum atomic E-state index is 5.28. The summed E-state index contributed by atoms with van der Waals surface area (Å²) in [5.41, 5.74) is 15.9. The van der Waals surface area contributed by atoms with Crippen LogP contribution in [0.2, 0.25) is 0 Å². The van der Waals surface area contributed by atoms with Crippen LogP contribution in [0.25, 0.3) is 83.9 Å². The van der Waals surface area contributed by atoms with E-state index in [1.807, 2.05) is 36.4 Å². The molecule has 0 amide bonds. The number of aromatic nitrogens is 4. The highest BCUT2D eigenvalue weighted by atomic mass is 15.0. The molecule has 0 saturated carbocycles. The van der Waals surface area contributed by atoms with Gasteiger partial charge < -0.3 is 4.57 Å². The van der Waals surface area contributed by atoms with Gasteiger partial charge in [0.25, 0.3) is 0 Å². The van der Waals surface area contributed by atoms with Crippen LogP contribution in [0, 0.1) is 0 Å². The van der Waals surface area contributed by atoms with Crippen molar-refractivity contribution in [3.63, 3.8) is 0 Å². The second kappa shape index (κ2) is 11.8. The maximum absolute atomic E-state index is 5.28. The van der Waals surface area contributed by atoms with E-state index >= 15 is 0 Å². The third kappa shape index (κ3) is 4.21. The predicted octanol–water partition coefficient (Wildman–Crippen LogP) is 12.3. The van der Waals surface area contributed by atoms with Crippen molar-refractivity contribution >= 4 is 21.8 Å². The van der Waals surface area contributed by atoms with E-state index in [-0.39, 0.29) is 0 Å². The van der Waals surface area contributed by atoms with Crippen molar-refractivity contribution in [3.05, 3.63) is 216 Å². The van der Waals surface area contributed by atoms with Crippen LogP contribution in [-0.2, 0) is 5.41 Å². The first-order chi connectivity index (χ1) is 27.8. The lowest BCUT2D eigenvalue weighted by molar-refractivity contribution is 0.794. The minimum atomic E-state index is -0.558. The standard InChI is InChI=1S/C52H32N4/c1-4-17-33(18-5-1)49-53-50(34-19-6-2-7-20-34)55-51(54-49)39-26-16-29-44-48(39)41-31-40-38-25-12-15-30-46(38)56(35-21-8-3-9-22-35)47(40)32-45(41)52(44)42-27-13-10-23-36(42)37-24-11-14-28-43(37)52/h1-32H. The first-order valence-corrected chi connectivity index (χ1v) is 19.1. The molecule has 0 fully saturated rings. The molecule has 4 heteroatoms. The van der Waals surface area contributed by atoms with Gasteiger partial charge in [0.05, 0.1) is 16.4 Å². The molecule has 2 heterocycles. The molecular formula is C52H32N4. The molecule has 2 aliphatic rings. The van der Waals surface area contributed by atoms with E-state index in [1.165, 1.54) is 60.8 Å². The van der Waals surface area contributed by atoms with E-state index < -0.39 is 5.41 Å². The second-order valence-corrected chi connectivity index (χ2v) is 14.7. The summed E-state index contributed by atoms with van der Waals surface area (Å²) in [6.07, 6.45) is 0. The first kappa shape index (κ1) is 31.0. The van der Waals surface area contributed by atoms with Crippen LogP contribution in [0.3, 0.4) is 0 Å². The number of rotatable bonds is 4. The Labute approximate surface area is 324 Å². The SMILES string of the molecule is c1ccc(-c2nc(-c3ccccc3)nc(-c3cccc4c3-c3cc5c6ccccc6n(-c6ccccc6)c5cc3C43c4ccccc4-c4ccccc43)n2)cc1. The molecule has 0 atom stereocenters. The minimum absolute atomic E-state index is 0.558. The molecule has 56 heavy (non-hydrogen) atoms. The number of nitrogens with zero attached hydrogens (tertiary/aromatic N) is 4. The molecule has 2 aromatic heterocycles. The van der Waals surface area contributed by atoms with Crippen LogP contribution in [-0.4, -0.2) is 19.5 Å². The molecule has 0 saturated heterocycles. The third-order valence-corrected chi connectivity index (χ3v) is 11.9. The normalized spacial score (nSPS) is 13.1. The molecule has 4 nitrogen and oxygen atoms in total. The molecule has 0 unspecified atom stereocenters. The Balaban J connectivity index is 1.23. The zero-order valence-electron chi connectivity index (χ0n) is 30.3. The Morgan fingerprint density at radius 3 is 1.52 bits per heavy atom. The van der Waals surface area contributed by atoms with Crippen LogP contribution < -0.4 is 0 Å². The summed E-state index contributed by atoms with van der Waals surface area (Å²) >= 11 is 0. The Morgan fingerprint density at radius 1 is 0.339 bits per heavy atom. The van der Waals surface area contributed by atoms with Gasteiger partial charge in [0.15, 0.2) is 17.5 Å². The zero-order chi connectivity index (χ0) is 36.8. The Kier molecular flexibility index (Phi) is 6.52. The molecule has 0 N–H and O–H groups in total. The van der Waals surface area contributed by atoms with Crippen molar-refractivity contribution in [2.75, 3.05) is 0 Å². The molecule has 2 aliphatic carbocycles. The van der Waals surface area contributed by atoms with Gasteiger partial charge in [-0.1, -0.05) is 164 Å². The lowest BCUT2D eigenvalue weighted by atomic mass is 9.70. The van der Waals surface area contributed by atoms with Gasteiger partial charge in [0.1, 0.15) is 0 Å². The van der Waals surface area contributed by atoms with Gasteiger partial charge in [-0.2, -0.15) is 0 Å². The molecule has 1 spiro atoms. The monoisotopic (exact) mass is 712 g/mol. The number of benzene rings is 8. The quantitative estimate of drug-likeness (QED) is 0.182. The van der Waals surface area contributed by atoms with E-state index in [2.05, 4.69) is 162 Å². The number of hydrogen-bond acceptors (Lipinski definition) is 3. The van der Waals surface area contributed by atoms with E-state index in [0.717, 1.165) is 27.9 Å². The number of hydrogen-bond donors (Lipinski definition) is 0. The van der Waals surface area contributed by atoms with Crippen molar-refractivity contribution in [2.24, 2.45) is 0 Å². The summed E-state index contributed by atoms with van der Waals surface area (Å²) < 4.78 is 2.43. The van der Waals surface area contributed by atoms with E-state index in [1.54, 1.807) is 0 Å². The number of fused-ring (bicyclic) bond motifs is 13. The number of para-hydroxylation sites is 2. The molecule has 8 aromatic carbocycles. The molecule has 260 valence electrons. The Hall–Kier alpha value is -7.43. The summed E-state index contributed by atoms with van der Waals surface area (Å²) in [4.78, 5) is 15.6. The molecule has 0 radical (unpaired) electrons. The Bertz CT molecular complexity index is 3080. The maximum Gasteiger partial charge on any atom is 0.164 e. The van der Waals surface area contributed by atoms with Crippen LogP contribution >= 0.6 is 0 Å². The van der Waals surface area contributed by atoms with Crippen molar-refractivity contribution < 1.29 is 0 Å². The highest BCUT2D eigenvalue weighted by Crippen LogP contribution is 2.64. The first-order valence-electron chi connectivity index (χ1n) is 19.1. The van der Waals surface area contributed by atoms with E-state index in [4.69, 9.17) is 15.0 Å².